The Labute approximate surface area is 173 Å². The van der Waals surface area contributed by atoms with Gasteiger partial charge in [-0.15, -0.1) is 0 Å². The topological polar surface area (TPSA) is 66.9 Å². The first-order chi connectivity index (χ1) is 14.5. The van der Waals surface area contributed by atoms with Crippen LogP contribution in [-0.2, 0) is 0 Å². The van der Waals surface area contributed by atoms with E-state index in [1.54, 1.807) is 6.20 Å². The summed E-state index contributed by atoms with van der Waals surface area (Å²) in [6, 6.07) is 9.96. The van der Waals surface area contributed by atoms with Crippen molar-refractivity contribution in [3.8, 4) is 11.1 Å². The van der Waals surface area contributed by atoms with E-state index in [4.69, 9.17) is 4.42 Å². The number of rotatable bonds is 2. The first kappa shape index (κ1) is 17.7. The Morgan fingerprint density at radius 2 is 1.83 bits per heavy atom. The normalized spacial score (nSPS) is 21.7. The number of aromatic nitrogens is 3. The van der Waals surface area contributed by atoms with Gasteiger partial charge in [-0.1, -0.05) is 6.07 Å². The number of carbonyl (C=O) groups is 1. The van der Waals surface area contributed by atoms with E-state index in [9.17, 15) is 4.79 Å². The second-order valence-electron chi connectivity index (χ2n) is 8.66. The SMILES string of the molecule is Cc1nc2cc(-c3ccc4ncc(C(=O)N5CC6CN(C)CC6C5)n4c3)ccc2o1. The number of carbonyl (C=O) groups excluding carboxylic acids is 1. The Bertz CT molecular complexity index is 1280. The van der Waals surface area contributed by atoms with Crippen LogP contribution in [0.5, 0.6) is 0 Å². The number of likely N-dealkylation sites (tertiary alicyclic amines) is 2. The summed E-state index contributed by atoms with van der Waals surface area (Å²) in [5, 5.41) is 0. The summed E-state index contributed by atoms with van der Waals surface area (Å²) in [6.07, 6.45) is 3.69. The lowest BCUT2D eigenvalue weighted by atomic mass is 10.0. The maximum absolute atomic E-state index is 13.3. The number of pyridine rings is 1. The monoisotopic (exact) mass is 401 g/mol. The van der Waals surface area contributed by atoms with E-state index >= 15 is 0 Å². The van der Waals surface area contributed by atoms with E-state index in [-0.39, 0.29) is 5.91 Å². The van der Waals surface area contributed by atoms with Gasteiger partial charge in [0.1, 0.15) is 16.9 Å². The van der Waals surface area contributed by atoms with Gasteiger partial charge in [-0.25, -0.2) is 9.97 Å². The summed E-state index contributed by atoms with van der Waals surface area (Å²) in [6.45, 7) is 5.68. The maximum Gasteiger partial charge on any atom is 0.272 e. The van der Waals surface area contributed by atoms with Crippen molar-refractivity contribution in [3.05, 3.63) is 54.3 Å². The average Bonchev–Trinajstić information content (AvgIpc) is 3.47. The number of benzene rings is 1. The number of imidazole rings is 1. The fourth-order valence-corrected chi connectivity index (χ4v) is 5.09. The van der Waals surface area contributed by atoms with E-state index < -0.39 is 0 Å². The fourth-order valence-electron chi connectivity index (χ4n) is 5.09. The summed E-state index contributed by atoms with van der Waals surface area (Å²) < 4.78 is 7.50. The predicted molar refractivity (Wildman–Crippen MR) is 113 cm³/mol. The van der Waals surface area contributed by atoms with Crippen LogP contribution in [0.2, 0.25) is 0 Å². The zero-order valence-corrected chi connectivity index (χ0v) is 17.1. The quantitative estimate of drug-likeness (QED) is 0.516. The minimum absolute atomic E-state index is 0.0688. The molecule has 0 spiro atoms. The van der Waals surface area contributed by atoms with Crippen LogP contribution in [0.1, 0.15) is 16.4 Å². The first-order valence-corrected chi connectivity index (χ1v) is 10.4. The van der Waals surface area contributed by atoms with Crippen LogP contribution >= 0.6 is 0 Å². The van der Waals surface area contributed by atoms with Crippen molar-refractivity contribution in [2.45, 2.75) is 6.92 Å². The molecule has 7 nitrogen and oxygen atoms in total. The number of oxazole rings is 1. The van der Waals surface area contributed by atoms with Gasteiger partial charge in [0.15, 0.2) is 11.5 Å². The van der Waals surface area contributed by atoms with Gasteiger partial charge in [0.05, 0.1) is 6.20 Å². The molecule has 3 aromatic heterocycles. The van der Waals surface area contributed by atoms with Gasteiger partial charge in [-0.05, 0) is 54.3 Å². The zero-order valence-electron chi connectivity index (χ0n) is 17.1. The van der Waals surface area contributed by atoms with Gasteiger partial charge in [0.25, 0.3) is 5.91 Å². The van der Waals surface area contributed by atoms with Crippen LogP contribution in [0.15, 0.2) is 47.1 Å². The molecule has 2 aliphatic rings. The Balaban J connectivity index is 1.34. The summed E-state index contributed by atoms with van der Waals surface area (Å²) in [7, 11) is 2.16. The third-order valence-corrected chi connectivity index (χ3v) is 6.51. The third-order valence-electron chi connectivity index (χ3n) is 6.51. The number of nitrogens with zero attached hydrogens (tertiary/aromatic N) is 5. The zero-order chi connectivity index (χ0) is 20.4. The molecular formula is C23H23N5O2. The Hall–Kier alpha value is -3.19. The summed E-state index contributed by atoms with van der Waals surface area (Å²) in [5.74, 6) is 1.90. The minimum atomic E-state index is 0.0688. The molecule has 0 saturated carbocycles. The molecule has 0 radical (unpaired) electrons. The van der Waals surface area contributed by atoms with Gasteiger partial charge >= 0.3 is 0 Å². The second-order valence-corrected chi connectivity index (χ2v) is 8.66. The molecule has 1 amide bonds. The first-order valence-electron chi connectivity index (χ1n) is 10.4. The minimum Gasteiger partial charge on any atom is -0.441 e. The highest BCUT2D eigenvalue weighted by Crippen LogP contribution is 2.31. The van der Waals surface area contributed by atoms with E-state index in [2.05, 4.69) is 21.9 Å². The molecule has 2 atom stereocenters. The lowest BCUT2D eigenvalue weighted by Gasteiger charge is -2.19. The molecule has 5 heterocycles. The number of hydrogen-bond acceptors (Lipinski definition) is 5. The second kappa shape index (κ2) is 6.40. The molecule has 0 N–H and O–H groups in total. The molecule has 0 aliphatic carbocycles. The van der Waals surface area contributed by atoms with Gasteiger partial charge in [-0.2, -0.15) is 0 Å². The number of fused-ring (bicyclic) bond motifs is 3. The predicted octanol–water partition coefficient (Wildman–Crippen LogP) is 3.08. The lowest BCUT2D eigenvalue weighted by molar-refractivity contribution is 0.0769. The molecule has 0 bridgehead atoms. The molecule has 152 valence electrons. The van der Waals surface area contributed by atoms with Gasteiger partial charge in [-0.3, -0.25) is 9.20 Å². The summed E-state index contributed by atoms with van der Waals surface area (Å²) >= 11 is 0. The molecule has 4 aromatic rings. The highest BCUT2D eigenvalue weighted by Gasteiger charge is 2.41. The largest absolute Gasteiger partial charge is 0.441 e. The van der Waals surface area contributed by atoms with E-state index in [1.165, 1.54) is 0 Å². The molecule has 2 saturated heterocycles. The fraction of sp³-hybridized carbons (Fsp3) is 0.348. The number of amides is 1. The Morgan fingerprint density at radius 3 is 2.63 bits per heavy atom. The van der Waals surface area contributed by atoms with Crippen LogP contribution < -0.4 is 0 Å². The van der Waals surface area contributed by atoms with Crippen LogP contribution in [0.25, 0.3) is 27.9 Å². The Kier molecular flexibility index (Phi) is 3.77. The number of aryl methyl sites for hydroxylation is 1. The van der Waals surface area contributed by atoms with Crippen molar-refractivity contribution < 1.29 is 9.21 Å². The van der Waals surface area contributed by atoms with Crippen LogP contribution in [-0.4, -0.2) is 63.3 Å². The molecule has 30 heavy (non-hydrogen) atoms. The van der Waals surface area contributed by atoms with Crippen molar-refractivity contribution in [2.75, 3.05) is 33.2 Å². The maximum atomic E-state index is 13.3. The molecule has 2 aliphatic heterocycles. The van der Waals surface area contributed by atoms with Gasteiger partial charge in [0, 0.05) is 39.3 Å². The summed E-state index contributed by atoms with van der Waals surface area (Å²) in [4.78, 5) is 26.6. The average molecular weight is 401 g/mol. The molecule has 2 fully saturated rings. The third kappa shape index (κ3) is 2.73. The molecule has 6 rings (SSSR count). The van der Waals surface area contributed by atoms with E-state index in [1.807, 2.05) is 52.8 Å². The molecular weight excluding hydrogens is 378 g/mol. The molecule has 7 heteroatoms. The van der Waals surface area contributed by atoms with Crippen LogP contribution in [0, 0.1) is 18.8 Å². The number of hydrogen-bond donors (Lipinski definition) is 0. The molecule has 2 unspecified atom stereocenters. The van der Waals surface area contributed by atoms with Crippen molar-refractivity contribution in [1.82, 2.24) is 24.2 Å². The van der Waals surface area contributed by atoms with Crippen LogP contribution in [0.3, 0.4) is 0 Å². The lowest BCUT2D eigenvalue weighted by Crippen LogP contribution is -2.33. The Morgan fingerprint density at radius 1 is 1.07 bits per heavy atom. The van der Waals surface area contributed by atoms with Crippen molar-refractivity contribution >= 4 is 22.7 Å². The van der Waals surface area contributed by atoms with Gasteiger partial charge in [0.2, 0.25) is 0 Å². The van der Waals surface area contributed by atoms with Gasteiger partial charge < -0.3 is 14.2 Å². The van der Waals surface area contributed by atoms with Crippen molar-refractivity contribution in [2.24, 2.45) is 11.8 Å². The standard InChI is InChI=1S/C23H23N5O2/c1-14-25-19-7-15(3-5-21(19)30-14)16-4-6-22-24-8-20(28(22)13-16)23(29)27-11-17-9-26(2)10-18(17)12-27/h3-8,13,17-18H,9-12H2,1-2H3. The van der Waals surface area contributed by atoms with Crippen LogP contribution in [0.4, 0.5) is 0 Å². The van der Waals surface area contributed by atoms with E-state index in [0.717, 1.165) is 54.1 Å². The summed E-state index contributed by atoms with van der Waals surface area (Å²) in [5.41, 5.74) is 5.06. The molecule has 1 aromatic carbocycles. The highest BCUT2D eigenvalue weighted by atomic mass is 16.3. The highest BCUT2D eigenvalue weighted by molar-refractivity contribution is 5.94. The smallest absolute Gasteiger partial charge is 0.272 e. The van der Waals surface area contributed by atoms with Crippen molar-refractivity contribution in [3.63, 3.8) is 0 Å². The van der Waals surface area contributed by atoms with Crippen molar-refractivity contribution in [1.29, 1.82) is 0 Å². The van der Waals surface area contributed by atoms with E-state index in [0.29, 0.717) is 23.4 Å².